The topological polar surface area (TPSA) is 95.9 Å². The number of carboxylic acids is 1. The highest BCUT2D eigenvalue weighted by molar-refractivity contribution is 5.97. The van der Waals surface area contributed by atoms with Crippen LogP contribution in [0.25, 0.3) is 0 Å². The number of carbonyl (C=O) groups excluding carboxylic acids is 2. The van der Waals surface area contributed by atoms with Gasteiger partial charge in [-0.1, -0.05) is 6.92 Å². The summed E-state index contributed by atoms with van der Waals surface area (Å²) < 4.78 is 5.07. The van der Waals surface area contributed by atoms with Crippen LogP contribution in [0.3, 0.4) is 0 Å². The van der Waals surface area contributed by atoms with Gasteiger partial charge in [-0.2, -0.15) is 0 Å². The maximum absolute atomic E-state index is 12.5. The lowest BCUT2D eigenvalue weighted by Gasteiger charge is -2.33. The molecule has 1 aromatic carbocycles. The highest BCUT2D eigenvalue weighted by Crippen LogP contribution is 2.31. The van der Waals surface area contributed by atoms with Crippen molar-refractivity contribution in [3.8, 4) is 5.75 Å². The summed E-state index contributed by atoms with van der Waals surface area (Å²) in [5.41, 5.74) is 0.597. The molecule has 1 heterocycles. The highest BCUT2D eigenvalue weighted by Gasteiger charge is 2.38. The Kier molecular flexibility index (Phi) is 5.98. The van der Waals surface area contributed by atoms with Gasteiger partial charge in [0.05, 0.1) is 5.92 Å². The molecule has 1 aliphatic heterocycles. The van der Waals surface area contributed by atoms with Crippen molar-refractivity contribution in [2.75, 3.05) is 18.5 Å². The molecule has 146 valence electrons. The van der Waals surface area contributed by atoms with Crippen molar-refractivity contribution >= 4 is 23.5 Å². The molecule has 7 nitrogen and oxygen atoms in total. The molecular weight excluding hydrogens is 348 g/mol. The number of benzene rings is 1. The fourth-order valence-corrected chi connectivity index (χ4v) is 3.84. The maximum atomic E-state index is 12.5. The van der Waals surface area contributed by atoms with Gasteiger partial charge < -0.3 is 20.1 Å². The zero-order valence-corrected chi connectivity index (χ0v) is 15.5. The van der Waals surface area contributed by atoms with E-state index in [2.05, 4.69) is 12.2 Å². The zero-order chi connectivity index (χ0) is 19.4. The van der Waals surface area contributed by atoms with Crippen molar-refractivity contribution in [1.29, 1.82) is 0 Å². The Labute approximate surface area is 158 Å². The second kappa shape index (κ2) is 8.41. The lowest BCUT2D eigenvalue weighted by atomic mass is 9.87. The normalized spacial score (nSPS) is 25.3. The molecule has 2 N–H and O–H groups in total. The van der Waals surface area contributed by atoms with E-state index in [0.29, 0.717) is 18.0 Å². The Bertz CT molecular complexity index is 695. The van der Waals surface area contributed by atoms with Crippen LogP contribution in [0, 0.1) is 11.8 Å². The molecule has 1 unspecified atom stereocenters. The summed E-state index contributed by atoms with van der Waals surface area (Å²) in [5.74, 6) is -0.318. The van der Waals surface area contributed by atoms with E-state index in [-0.39, 0.29) is 30.2 Å². The Morgan fingerprint density at radius 2 is 1.85 bits per heavy atom. The van der Waals surface area contributed by atoms with Gasteiger partial charge in [0, 0.05) is 24.7 Å². The molecule has 3 rings (SSSR count). The first-order chi connectivity index (χ1) is 12.9. The maximum Gasteiger partial charge on any atom is 0.341 e. The van der Waals surface area contributed by atoms with Gasteiger partial charge in [0.2, 0.25) is 11.8 Å². The molecule has 2 amide bonds. The average Bonchev–Trinajstić information content (AvgIpc) is 3.03. The van der Waals surface area contributed by atoms with Crippen LogP contribution in [-0.4, -0.2) is 47.0 Å². The standard InChI is InChI=1S/C20H26N2O5/c1-13-2-6-16(7-3-13)22-11-14(10-18(22)23)20(26)21-15-4-8-17(9-5-15)27-12-19(24)25/h4-5,8-9,13-14,16H,2-3,6-7,10-12H2,1H3,(H,21,26)(H,24,25). The smallest absolute Gasteiger partial charge is 0.341 e. The number of ether oxygens (including phenoxy) is 1. The second-order valence-electron chi connectivity index (χ2n) is 7.56. The van der Waals surface area contributed by atoms with Crippen LogP contribution in [0.1, 0.15) is 39.0 Å². The summed E-state index contributed by atoms with van der Waals surface area (Å²) in [6.07, 6.45) is 4.60. The van der Waals surface area contributed by atoms with Gasteiger partial charge >= 0.3 is 5.97 Å². The molecule has 0 bridgehead atoms. The summed E-state index contributed by atoms with van der Waals surface area (Å²) in [6.45, 7) is 2.32. The minimum atomic E-state index is -1.05. The van der Waals surface area contributed by atoms with E-state index >= 15 is 0 Å². The van der Waals surface area contributed by atoms with Crippen molar-refractivity contribution in [2.24, 2.45) is 11.8 Å². The van der Waals surface area contributed by atoms with E-state index in [1.807, 2.05) is 4.90 Å². The number of carbonyl (C=O) groups is 3. The van der Waals surface area contributed by atoms with E-state index in [1.54, 1.807) is 24.3 Å². The van der Waals surface area contributed by atoms with Crippen molar-refractivity contribution in [3.63, 3.8) is 0 Å². The molecule has 1 saturated heterocycles. The fourth-order valence-electron chi connectivity index (χ4n) is 3.84. The van der Waals surface area contributed by atoms with Crippen LogP contribution in [0.5, 0.6) is 5.75 Å². The van der Waals surface area contributed by atoms with Crippen LogP contribution in [0.2, 0.25) is 0 Å². The monoisotopic (exact) mass is 374 g/mol. The van der Waals surface area contributed by atoms with Crippen molar-refractivity contribution in [1.82, 2.24) is 4.90 Å². The number of nitrogens with zero attached hydrogens (tertiary/aromatic N) is 1. The van der Waals surface area contributed by atoms with Gasteiger partial charge in [-0.05, 0) is 55.9 Å². The van der Waals surface area contributed by atoms with Gasteiger partial charge in [-0.3, -0.25) is 9.59 Å². The van der Waals surface area contributed by atoms with E-state index in [1.165, 1.54) is 0 Å². The van der Waals surface area contributed by atoms with E-state index in [9.17, 15) is 14.4 Å². The van der Waals surface area contributed by atoms with E-state index < -0.39 is 12.6 Å². The second-order valence-corrected chi connectivity index (χ2v) is 7.56. The largest absolute Gasteiger partial charge is 0.482 e. The van der Waals surface area contributed by atoms with Gasteiger partial charge in [-0.15, -0.1) is 0 Å². The number of rotatable bonds is 6. The Morgan fingerprint density at radius 1 is 1.19 bits per heavy atom. The quantitative estimate of drug-likeness (QED) is 0.798. The Balaban J connectivity index is 1.52. The number of likely N-dealkylation sites (tertiary alicyclic amines) is 1. The first kappa shape index (κ1) is 19.2. The number of hydrogen-bond acceptors (Lipinski definition) is 4. The molecular formula is C20H26N2O5. The summed E-state index contributed by atoms with van der Waals surface area (Å²) in [5, 5.41) is 11.4. The Hall–Kier alpha value is -2.57. The third kappa shape index (κ3) is 4.99. The van der Waals surface area contributed by atoms with Crippen molar-refractivity contribution < 1.29 is 24.2 Å². The summed E-state index contributed by atoms with van der Waals surface area (Å²) >= 11 is 0. The first-order valence-corrected chi connectivity index (χ1v) is 9.47. The molecule has 7 heteroatoms. The molecule has 1 aromatic rings. The van der Waals surface area contributed by atoms with Crippen LogP contribution in [-0.2, 0) is 14.4 Å². The lowest BCUT2D eigenvalue weighted by molar-refractivity contribution is -0.139. The van der Waals surface area contributed by atoms with Crippen molar-refractivity contribution in [3.05, 3.63) is 24.3 Å². The number of amides is 2. The SMILES string of the molecule is CC1CCC(N2CC(C(=O)Nc3ccc(OCC(=O)O)cc3)CC2=O)CC1. The van der Waals surface area contributed by atoms with E-state index in [0.717, 1.165) is 31.6 Å². The average molecular weight is 374 g/mol. The number of aliphatic carboxylic acids is 1. The fraction of sp³-hybridized carbons (Fsp3) is 0.550. The predicted molar refractivity (Wildman–Crippen MR) is 99.4 cm³/mol. The van der Waals surface area contributed by atoms with Crippen LogP contribution in [0.15, 0.2) is 24.3 Å². The molecule has 1 aliphatic carbocycles. The van der Waals surface area contributed by atoms with Crippen LogP contribution in [0.4, 0.5) is 5.69 Å². The van der Waals surface area contributed by atoms with Crippen molar-refractivity contribution in [2.45, 2.75) is 45.1 Å². The zero-order valence-electron chi connectivity index (χ0n) is 15.5. The van der Waals surface area contributed by atoms with Crippen LogP contribution >= 0.6 is 0 Å². The molecule has 2 fully saturated rings. The highest BCUT2D eigenvalue weighted by atomic mass is 16.5. The molecule has 0 aromatic heterocycles. The molecule has 1 saturated carbocycles. The van der Waals surface area contributed by atoms with Gasteiger partial charge in [0.1, 0.15) is 5.75 Å². The van der Waals surface area contributed by atoms with E-state index in [4.69, 9.17) is 9.84 Å². The summed E-state index contributed by atoms with van der Waals surface area (Å²) in [6, 6.07) is 6.80. The summed E-state index contributed by atoms with van der Waals surface area (Å²) in [4.78, 5) is 37.3. The van der Waals surface area contributed by atoms with Gasteiger partial charge in [0.25, 0.3) is 0 Å². The minimum Gasteiger partial charge on any atom is -0.482 e. The predicted octanol–water partition coefficient (Wildman–Crippen LogP) is 2.52. The van der Waals surface area contributed by atoms with Gasteiger partial charge in [-0.25, -0.2) is 4.79 Å². The first-order valence-electron chi connectivity index (χ1n) is 9.47. The lowest BCUT2D eigenvalue weighted by Crippen LogP contribution is -2.39. The molecule has 2 aliphatic rings. The number of carboxylic acid groups (broad SMARTS) is 1. The summed E-state index contributed by atoms with van der Waals surface area (Å²) in [7, 11) is 0. The Morgan fingerprint density at radius 3 is 2.48 bits per heavy atom. The van der Waals surface area contributed by atoms with Crippen LogP contribution < -0.4 is 10.1 Å². The number of nitrogens with one attached hydrogen (secondary N) is 1. The molecule has 0 spiro atoms. The third-order valence-corrected chi connectivity index (χ3v) is 5.44. The third-order valence-electron chi connectivity index (χ3n) is 5.44. The molecule has 1 atom stereocenters. The van der Waals surface area contributed by atoms with Gasteiger partial charge in [0.15, 0.2) is 6.61 Å². The number of hydrogen-bond donors (Lipinski definition) is 2. The molecule has 0 radical (unpaired) electrons. The number of anilines is 1. The minimum absolute atomic E-state index is 0.0760. The molecule has 27 heavy (non-hydrogen) atoms.